The maximum absolute atomic E-state index is 13.5. The zero-order valence-electron chi connectivity index (χ0n) is 21.3. The summed E-state index contributed by atoms with van der Waals surface area (Å²) in [6, 6.07) is 2.14. The van der Waals surface area contributed by atoms with E-state index in [1.807, 2.05) is 0 Å². The number of fused-ring (bicyclic) bond motifs is 3. The fourth-order valence-corrected chi connectivity index (χ4v) is 8.70. The minimum Gasteiger partial charge on any atom is -0.383 e. The van der Waals surface area contributed by atoms with E-state index < -0.39 is 0 Å². The smallest absolute Gasteiger partial charge is 0.155 e. The lowest BCUT2D eigenvalue weighted by Crippen LogP contribution is -2.49. The molecule has 4 nitrogen and oxygen atoms in total. The van der Waals surface area contributed by atoms with Gasteiger partial charge in [-0.25, -0.2) is 0 Å². The van der Waals surface area contributed by atoms with Crippen LogP contribution in [0.4, 0.5) is 0 Å². The molecule has 0 aliphatic heterocycles. The first-order chi connectivity index (χ1) is 15.8. The van der Waals surface area contributed by atoms with E-state index in [4.69, 9.17) is 5.41 Å². The molecule has 2 N–H and O–H groups in total. The van der Waals surface area contributed by atoms with Crippen LogP contribution in [0.2, 0.25) is 0 Å². The maximum atomic E-state index is 13.5. The lowest BCUT2D eigenvalue weighted by molar-refractivity contribution is -0.130. The fourth-order valence-electron chi connectivity index (χ4n) is 8.70. The Morgan fingerprint density at radius 2 is 1.94 bits per heavy atom. The number of hydrogen-bond donors (Lipinski definition) is 2. The number of allylic oxidation sites excluding steroid dienone is 1. The van der Waals surface area contributed by atoms with Crippen molar-refractivity contribution in [1.82, 2.24) is 5.32 Å². The van der Waals surface area contributed by atoms with Gasteiger partial charge in [0.15, 0.2) is 5.78 Å². The number of nitrogens with zero attached hydrogens (tertiary/aromatic N) is 1. The molecule has 8 unspecified atom stereocenters. The van der Waals surface area contributed by atoms with E-state index in [-0.39, 0.29) is 23.8 Å². The van der Waals surface area contributed by atoms with Gasteiger partial charge in [-0.3, -0.25) is 4.79 Å². The molecule has 8 atom stereocenters. The SMILES string of the molecule is CCCC1C(CC)CCC2C1CCC1(C)C2CC(C)C1C(=O)CN/C=C(/C#N)C(=N)C1CC1. The second-order valence-electron chi connectivity index (χ2n) is 12.1. The predicted octanol–water partition coefficient (Wildman–Crippen LogP) is 6.52. The largest absolute Gasteiger partial charge is 0.383 e. The second-order valence-corrected chi connectivity index (χ2v) is 12.1. The summed E-state index contributed by atoms with van der Waals surface area (Å²) in [6.45, 7) is 9.76. The lowest BCUT2D eigenvalue weighted by atomic mass is 9.50. The highest BCUT2D eigenvalue weighted by atomic mass is 16.1. The number of ketones is 1. The van der Waals surface area contributed by atoms with Crippen LogP contribution in [0.5, 0.6) is 0 Å². The van der Waals surface area contributed by atoms with Crippen molar-refractivity contribution in [3.8, 4) is 6.07 Å². The van der Waals surface area contributed by atoms with Crippen molar-refractivity contribution in [3.05, 3.63) is 11.8 Å². The molecule has 0 radical (unpaired) electrons. The summed E-state index contributed by atoms with van der Waals surface area (Å²) >= 11 is 0. The molecule has 0 aromatic heterocycles. The number of Topliss-reactive ketones (excluding diaryl/α,β-unsaturated/α-hetero) is 1. The molecule has 0 bridgehead atoms. The molecular weight excluding hydrogens is 406 g/mol. The summed E-state index contributed by atoms with van der Waals surface area (Å²) in [5.41, 5.74) is 0.947. The van der Waals surface area contributed by atoms with Gasteiger partial charge in [-0.05, 0) is 85.9 Å². The van der Waals surface area contributed by atoms with E-state index in [1.165, 1.54) is 51.4 Å². The predicted molar refractivity (Wildman–Crippen MR) is 134 cm³/mol. The first-order valence-electron chi connectivity index (χ1n) is 13.8. The van der Waals surface area contributed by atoms with E-state index in [0.717, 1.165) is 36.5 Å². The highest BCUT2D eigenvalue weighted by molar-refractivity contribution is 6.04. The standard InChI is InChI=1S/C29H45N3O/c1-5-7-22-19(6-2)10-11-24-23(22)12-13-29(4)25(24)14-18(3)27(29)26(33)17-32-16-21(15-30)28(31)20-8-9-20/h16,18-20,22-25,27,31-32H,5-14,17H2,1-4H3/b21-16-,31-28?. The van der Waals surface area contributed by atoms with Gasteiger partial charge in [-0.1, -0.05) is 47.0 Å². The Balaban J connectivity index is 1.45. The molecule has 4 aliphatic carbocycles. The minimum absolute atomic E-state index is 0.117. The molecule has 0 amide bonds. The van der Waals surface area contributed by atoms with Crippen LogP contribution in [0.3, 0.4) is 0 Å². The Morgan fingerprint density at radius 3 is 2.58 bits per heavy atom. The molecule has 33 heavy (non-hydrogen) atoms. The van der Waals surface area contributed by atoms with Crippen LogP contribution in [0.1, 0.15) is 91.9 Å². The summed E-state index contributed by atoms with van der Waals surface area (Å²) in [5, 5.41) is 20.7. The molecule has 4 fully saturated rings. The van der Waals surface area contributed by atoms with E-state index >= 15 is 0 Å². The van der Waals surface area contributed by atoms with Crippen molar-refractivity contribution in [2.24, 2.45) is 52.8 Å². The average molecular weight is 452 g/mol. The van der Waals surface area contributed by atoms with Crippen LogP contribution in [0, 0.1) is 69.5 Å². The molecule has 0 heterocycles. The Bertz CT molecular complexity index is 821. The molecule has 0 aromatic carbocycles. The first kappa shape index (κ1) is 24.5. The third-order valence-electron chi connectivity index (χ3n) is 10.3. The Morgan fingerprint density at radius 1 is 1.18 bits per heavy atom. The molecule has 4 rings (SSSR count). The number of nitrogens with one attached hydrogen (secondary N) is 2. The molecule has 0 saturated heterocycles. The summed E-state index contributed by atoms with van der Waals surface area (Å²) in [7, 11) is 0. The van der Waals surface area contributed by atoms with Crippen LogP contribution in [-0.2, 0) is 4.79 Å². The fraction of sp³-hybridized carbons (Fsp3) is 0.828. The molecule has 0 spiro atoms. The Hall–Kier alpha value is -1.63. The number of nitriles is 1. The van der Waals surface area contributed by atoms with E-state index in [2.05, 4.69) is 39.1 Å². The van der Waals surface area contributed by atoms with Crippen LogP contribution in [0.25, 0.3) is 0 Å². The molecule has 182 valence electrons. The van der Waals surface area contributed by atoms with Gasteiger partial charge in [-0.2, -0.15) is 5.26 Å². The third kappa shape index (κ3) is 4.54. The van der Waals surface area contributed by atoms with Crippen LogP contribution >= 0.6 is 0 Å². The van der Waals surface area contributed by atoms with Crippen molar-refractivity contribution in [1.29, 1.82) is 10.7 Å². The third-order valence-corrected chi connectivity index (χ3v) is 10.3. The summed E-state index contributed by atoms with van der Waals surface area (Å²) in [6.07, 6.45) is 14.1. The topological polar surface area (TPSA) is 76.7 Å². The summed E-state index contributed by atoms with van der Waals surface area (Å²) < 4.78 is 0. The lowest BCUT2D eigenvalue weighted by Gasteiger charge is -2.54. The van der Waals surface area contributed by atoms with E-state index in [1.54, 1.807) is 6.20 Å². The van der Waals surface area contributed by atoms with Gasteiger partial charge < -0.3 is 10.7 Å². The van der Waals surface area contributed by atoms with Gasteiger partial charge >= 0.3 is 0 Å². The number of rotatable bonds is 9. The molecule has 4 saturated carbocycles. The van der Waals surface area contributed by atoms with Gasteiger partial charge in [0.05, 0.1) is 17.8 Å². The number of carbonyl (C=O) groups is 1. The van der Waals surface area contributed by atoms with E-state index in [0.29, 0.717) is 28.9 Å². The van der Waals surface area contributed by atoms with Gasteiger partial charge in [0.2, 0.25) is 0 Å². The zero-order chi connectivity index (χ0) is 23.8. The van der Waals surface area contributed by atoms with Crippen molar-refractivity contribution in [3.63, 3.8) is 0 Å². The van der Waals surface area contributed by atoms with Crippen LogP contribution < -0.4 is 5.32 Å². The van der Waals surface area contributed by atoms with Crippen LogP contribution in [-0.4, -0.2) is 18.0 Å². The molecule has 4 aliphatic rings. The maximum Gasteiger partial charge on any atom is 0.155 e. The molecular formula is C29H45N3O. The van der Waals surface area contributed by atoms with Crippen molar-refractivity contribution in [2.45, 2.75) is 91.9 Å². The highest BCUT2D eigenvalue weighted by Crippen LogP contribution is 2.65. The van der Waals surface area contributed by atoms with Crippen molar-refractivity contribution < 1.29 is 4.79 Å². The molecule has 0 aromatic rings. The molecule has 4 heteroatoms. The van der Waals surface area contributed by atoms with Gasteiger partial charge in [0.25, 0.3) is 0 Å². The van der Waals surface area contributed by atoms with Crippen molar-refractivity contribution >= 4 is 11.5 Å². The average Bonchev–Trinajstić information content (AvgIpc) is 3.60. The quantitative estimate of drug-likeness (QED) is 0.309. The second kappa shape index (κ2) is 9.93. The van der Waals surface area contributed by atoms with Crippen LogP contribution in [0.15, 0.2) is 11.8 Å². The van der Waals surface area contributed by atoms with Crippen molar-refractivity contribution in [2.75, 3.05) is 6.54 Å². The zero-order valence-corrected chi connectivity index (χ0v) is 21.3. The van der Waals surface area contributed by atoms with Gasteiger partial charge in [0, 0.05) is 18.0 Å². The van der Waals surface area contributed by atoms with Gasteiger partial charge in [-0.15, -0.1) is 0 Å². The summed E-state index contributed by atoms with van der Waals surface area (Å²) in [5.74, 6) is 5.28. The normalized spacial score (nSPS) is 40.5. The van der Waals surface area contributed by atoms with E-state index in [9.17, 15) is 10.1 Å². The minimum atomic E-state index is 0.117. The first-order valence-corrected chi connectivity index (χ1v) is 13.8. The number of carbonyl (C=O) groups excluding carboxylic acids is 1. The Labute approximate surface area is 201 Å². The summed E-state index contributed by atoms with van der Waals surface area (Å²) in [4.78, 5) is 13.5. The highest BCUT2D eigenvalue weighted by Gasteiger charge is 2.59. The van der Waals surface area contributed by atoms with Gasteiger partial charge in [0.1, 0.15) is 6.07 Å². The monoisotopic (exact) mass is 451 g/mol. The Kier molecular flexibility index (Phi) is 7.37. The number of hydrogen-bond acceptors (Lipinski definition) is 4.